The van der Waals surface area contributed by atoms with E-state index in [2.05, 4.69) is 10.3 Å². The van der Waals surface area contributed by atoms with Crippen molar-refractivity contribution in [2.45, 2.75) is 25.8 Å². The van der Waals surface area contributed by atoms with Gasteiger partial charge in [0.1, 0.15) is 16.5 Å². The molecule has 1 aliphatic carbocycles. The van der Waals surface area contributed by atoms with Gasteiger partial charge in [-0.2, -0.15) is 0 Å². The highest BCUT2D eigenvalue weighted by Crippen LogP contribution is 2.31. The summed E-state index contributed by atoms with van der Waals surface area (Å²) in [7, 11) is 0. The summed E-state index contributed by atoms with van der Waals surface area (Å²) in [5, 5.41) is 5.48. The van der Waals surface area contributed by atoms with Crippen LogP contribution >= 0.6 is 36.2 Å². The highest BCUT2D eigenvalue weighted by atomic mass is 35.5. The number of hydrogen-bond acceptors (Lipinski definition) is 5. The molecule has 1 saturated carbocycles. The lowest BCUT2D eigenvalue weighted by molar-refractivity contribution is 0.0946. The maximum atomic E-state index is 12.1. The molecule has 1 heterocycles. The molecule has 8 heteroatoms. The minimum absolute atomic E-state index is 0. The van der Waals surface area contributed by atoms with Crippen LogP contribution < -0.4 is 15.8 Å². The van der Waals surface area contributed by atoms with Crippen molar-refractivity contribution in [3.05, 3.63) is 35.3 Å². The molecule has 0 saturated heterocycles. The Labute approximate surface area is 164 Å². The molecule has 2 aromatic rings. The molecule has 0 aliphatic heterocycles. The van der Waals surface area contributed by atoms with Gasteiger partial charge in [-0.05, 0) is 49.9 Å². The van der Waals surface area contributed by atoms with Crippen LogP contribution in [0.5, 0.6) is 5.75 Å². The number of rotatable bonds is 7. The number of hydrogen-bond donors (Lipinski definition) is 2. The van der Waals surface area contributed by atoms with E-state index in [1.807, 2.05) is 31.2 Å². The smallest absolute Gasteiger partial charge is 0.270 e. The minimum atomic E-state index is -0.158. The predicted molar refractivity (Wildman–Crippen MR) is 106 cm³/mol. The van der Waals surface area contributed by atoms with Gasteiger partial charge < -0.3 is 15.8 Å². The first-order chi connectivity index (χ1) is 11.2. The molecule has 1 aliphatic rings. The first-order valence-corrected chi connectivity index (χ1v) is 8.78. The van der Waals surface area contributed by atoms with Crippen molar-refractivity contribution >= 4 is 42.1 Å². The van der Waals surface area contributed by atoms with Crippen LogP contribution in [0.15, 0.2) is 29.6 Å². The molecule has 0 spiro atoms. The fraction of sp³-hybridized carbons (Fsp3) is 0.412. The number of carbonyl (C=O) groups is 1. The van der Waals surface area contributed by atoms with E-state index in [1.165, 1.54) is 24.2 Å². The van der Waals surface area contributed by atoms with E-state index in [0.717, 1.165) is 16.3 Å². The van der Waals surface area contributed by atoms with E-state index >= 15 is 0 Å². The van der Waals surface area contributed by atoms with Crippen LogP contribution in [-0.2, 0) is 0 Å². The Bertz CT molecular complexity index is 675. The molecule has 25 heavy (non-hydrogen) atoms. The molecule has 1 unspecified atom stereocenters. The molecular formula is C17H23Cl2N3O2S. The van der Waals surface area contributed by atoms with E-state index in [-0.39, 0.29) is 36.8 Å². The second-order valence-corrected chi connectivity index (χ2v) is 6.56. The largest absolute Gasteiger partial charge is 0.494 e. The Balaban J connectivity index is 0.00000156. The van der Waals surface area contributed by atoms with Crippen molar-refractivity contribution in [3.8, 4) is 16.3 Å². The Kier molecular flexibility index (Phi) is 8.65. The number of carbonyl (C=O) groups excluding carboxylic acids is 1. The van der Waals surface area contributed by atoms with Gasteiger partial charge in [-0.3, -0.25) is 4.79 Å². The molecule has 0 radical (unpaired) electrons. The lowest BCUT2D eigenvalue weighted by atomic mass is 10.2. The number of nitrogens with two attached hydrogens (primary N) is 1. The third kappa shape index (κ3) is 5.85. The third-order valence-electron chi connectivity index (χ3n) is 3.87. The average Bonchev–Trinajstić information content (AvgIpc) is 3.30. The second-order valence-electron chi connectivity index (χ2n) is 5.71. The van der Waals surface area contributed by atoms with Gasteiger partial charge in [0.15, 0.2) is 0 Å². The van der Waals surface area contributed by atoms with Crippen LogP contribution in [0.4, 0.5) is 0 Å². The maximum Gasteiger partial charge on any atom is 0.270 e. The monoisotopic (exact) mass is 403 g/mol. The van der Waals surface area contributed by atoms with Crippen LogP contribution in [0.2, 0.25) is 0 Å². The SMILES string of the molecule is CCOc1ccc(-c2nc(C(=O)NCC(N)C3CC3)cs2)cc1.Cl.Cl. The molecule has 5 nitrogen and oxygen atoms in total. The van der Waals surface area contributed by atoms with E-state index in [4.69, 9.17) is 10.5 Å². The van der Waals surface area contributed by atoms with Crippen molar-refractivity contribution in [2.24, 2.45) is 11.7 Å². The van der Waals surface area contributed by atoms with E-state index in [9.17, 15) is 4.79 Å². The van der Waals surface area contributed by atoms with Crippen molar-refractivity contribution in [1.29, 1.82) is 0 Å². The minimum Gasteiger partial charge on any atom is -0.494 e. The molecule has 1 fully saturated rings. The quantitative estimate of drug-likeness (QED) is 0.740. The molecule has 138 valence electrons. The Morgan fingerprint density at radius 1 is 1.36 bits per heavy atom. The lowest BCUT2D eigenvalue weighted by Gasteiger charge is -2.10. The van der Waals surface area contributed by atoms with Gasteiger partial charge in [0, 0.05) is 23.5 Å². The summed E-state index contributed by atoms with van der Waals surface area (Å²) in [4.78, 5) is 16.6. The molecule has 1 aromatic carbocycles. The van der Waals surface area contributed by atoms with E-state index in [0.29, 0.717) is 24.8 Å². The first kappa shape index (κ1) is 21.7. The number of ether oxygens (including phenoxy) is 1. The van der Waals surface area contributed by atoms with Gasteiger partial charge in [0.2, 0.25) is 0 Å². The van der Waals surface area contributed by atoms with Gasteiger partial charge in [-0.25, -0.2) is 4.98 Å². The Morgan fingerprint density at radius 2 is 2.04 bits per heavy atom. The highest BCUT2D eigenvalue weighted by molar-refractivity contribution is 7.13. The summed E-state index contributed by atoms with van der Waals surface area (Å²) in [5.41, 5.74) is 7.42. The Morgan fingerprint density at radius 3 is 2.64 bits per heavy atom. The second kappa shape index (κ2) is 9.97. The lowest BCUT2D eigenvalue weighted by Crippen LogP contribution is -2.38. The van der Waals surface area contributed by atoms with Crippen LogP contribution in [0.25, 0.3) is 10.6 Å². The zero-order valence-electron chi connectivity index (χ0n) is 13.9. The number of thiazole rings is 1. The molecule has 1 atom stereocenters. The van der Waals surface area contributed by atoms with Gasteiger partial charge in [0.25, 0.3) is 5.91 Å². The molecule has 3 N–H and O–H groups in total. The normalized spacial score (nSPS) is 14.0. The summed E-state index contributed by atoms with van der Waals surface area (Å²) >= 11 is 1.46. The predicted octanol–water partition coefficient (Wildman–Crippen LogP) is 3.52. The van der Waals surface area contributed by atoms with Crippen LogP contribution in [0.3, 0.4) is 0 Å². The van der Waals surface area contributed by atoms with Gasteiger partial charge >= 0.3 is 0 Å². The molecular weight excluding hydrogens is 381 g/mol. The number of benzene rings is 1. The molecule has 1 aromatic heterocycles. The fourth-order valence-corrected chi connectivity index (χ4v) is 3.17. The average molecular weight is 404 g/mol. The first-order valence-electron chi connectivity index (χ1n) is 7.90. The van der Waals surface area contributed by atoms with E-state index < -0.39 is 0 Å². The number of nitrogens with zero attached hydrogens (tertiary/aromatic N) is 1. The van der Waals surface area contributed by atoms with Crippen molar-refractivity contribution in [3.63, 3.8) is 0 Å². The highest BCUT2D eigenvalue weighted by Gasteiger charge is 2.28. The van der Waals surface area contributed by atoms with Crippen molar-refractivity contribution < 1.29 is 9.53 Å². The van der Waals surface area contributed by atoms with Gasteiger partial charge in [0.05, 0.1) is 6.61 Å². The standard InChI is InChI=1S/C17H21N3O2S.2ClH/c1-2-22-13-7-5-12(6-8-13)17-20-15(10-23-17)16(21)19-9-14(18)11-3-4-11;;/h5-8,10-11,14H,2-4,9,18H2,1H3,(H,19,21);2*1H. The van der Waals surface area contributed by atoms with Crippen molar-refractivity contribution in [1.82, 2.24) is 10.3 Å². The summed E-state index contributed by atoms with van der Waals surface area (Å²) in [5.74, 6) is 1.25. The molecule has 1 amide bonds. The van der Waals surface area contributed by atoms with Crippen LogP contribution in [-0.4, -0.2) is 30.1 Å². The summed E-state index contributed by atoms with van der Waals surface area (Å²) in [6.45, 7) is 3.11. The topological polar surface area (TPSA) is 77.2 Å². The third-order valence-corrected chi connectivity index (χ3v) is 4.77. The summed E-state index contributed by atoms with van der Waals surface area (Å²) in [6, 6.07) is 7.79. The molecule has 0 bridgehead atoms. The maximum absolute atomic E-state index is 12.1. The van der Waals surface area contributed by atoms with Crippen LogP contribution in [0, 0.1) is 5.92 Å². The number of halogens is 2. The number of aromatic nitrogens is 1. The van der Waals surface area contributed by atoms with Crippen LogP contribution in [0.1, 0.15) is 30.3 Å². The van der Waals surface area contributed by atoms with E-state index in [1.54, 1.807) is 5.38 Å². The fourth-order valence-electron chi connectivity index (χ4n) is 2.36. The zero-order valence-corrected chi connectivity index (χ0v) is 16.4. The van der Waals surface area contributed by atoms with Gasteiger partial charge in [-0.1, -0.05) is 0 Å². The Hall–Kier alpha value is -1.34. The zero-order chi connectivity index (χ0) is 16.2. The number of nitrogens with one attached hydrogen (secondary N) is 1. The summed E-state index contributed by atoms with van der Waals surface area (Å²) < 4.78 is 5.43. The summed E-state index contributed by atoms with van der Waals surface area (Å²) in [6.07, 6.45) is 2.35. The molecule has 3 rings (SSSR count). The van der Waals surface area contributed by atoms with Gasteiger partial charge in [-0.15, -0.1) is 36.2 Å². The number of amides is 1. The van der Waals surface area contributed by atoms with Crippen molar-refractivity contribution in [2.75, 3.05) is 13.2 Å².